The van der Waals surface area contributed by atoms with Gasteiger partial charge in [0.2, 0.25) is 10.0 Å². The summed E-state index contributed by atoms with van der Waals surface area (Å²) < 4.78 is 26.9. The molecule has 0 spiro atoms. The minimum Gasteiger partial charge on any atom is -0.267 e. The topological polar surface area (TPSA) is 78.8 Å². The molecular weight excluding hydrogens is 326 g/mol. The molecule has 0 aromatic heterocycles. The molecule has 1 saturated heterocycles. The molecule has 2 rings (SSSR count). The number of hydrogen-bond donors (Lipinski definition) is 1. The van der Waals surface area contributed by atoms with Crippen LogP contribution < -0.4 is 5.43 Å². The van der Waals surface area contributed by atoms with Gasteiger partial charge in [-0.3, -0.25) is 4.79 Å². The first-order valence-electron chi connectivity index (χ1n) is 8.39. The molecule has 1 amide bonds. The van der Waals surface area contributed by atoms with Gasteiger partial charge in [-0.2, -0.15) is 9.41 Å². The lowest BCUT2D eigenvalue weighted by atomic mass is 10.2. The second-order valence-corrected chi connectivity index (χ2v) is 7.97. The molecule has 1 fully saturated rings. The molecule has 1 aromatic carbocycles. The van der Waals surface area contributed by atoms with Crippen molar-refractivity contribution in [1.29, 1.82) is 0 Å². The third kappa shape index (κ3) is 4.64. The van der Waals surface area contributed by atoms with E-state index in [0.717, 1.165) is 37.8 Å². The average Bonchev–Trinajstić information content (AvgIpc) is 2.61. The van der Waals surface area contributed by atoms with E-state index in [9.17, 15) is 13.2 Å². The predicted octanol–water partition coefficient (Wildman–Crippen LogP) is 2.77. The van der Waals surface area contributed by atoms with Gasteiger partial charge in [-0.1, -0.05) is 25.8 Å². The first-order chi connectivity index (χ1) is 11.4. The molecule has 0 unspecified atom stereocenters. The highest BCUT2D eigenvalue weighted by atomic mass is 32.2. The standard InChI is InChI=1S/C17H25N3O3S/c1-3-8-14(2)18-19-17(21)15-9-7-10-16(13-15)24(22,23)20-11-5-4-6-12-20/h7,9-10,13H,3-6,8,11-12H2,1-2H3,(H,19,21)/b18-14-. The number of nitrogens with zero attached hydrogens (tertiary/aromatic N) is 2. The summed E-state index contributed by atoms with van der Waals surface area (Å²) in [6.45, 7) is 4.97. The summed E-state index contributed by atoms with van der Waals surface area (Å²) in [6.07, 6.45) is 4.58. The monoisotopic (exact) mass is 351 g/mol. The number of sulfonamides is 1. The highest BCUT2D eigenvalue weighted by Gasteiger charge is 2.26. The molecule has 132 valence electrons. The van der Waals surface area contributed by atoms with Crippen LogP contribution in [0.2, 0.25) is 0 Å². The van der Waals surface area contributed by atoms with E-state index in [0.29, 0.717) is 18.7 Å². The van der Waals surface area contributed by atoms with Crippen LogP contribution in [0.25, 0.3) is 0 Å². The van der Waals surface area contributed by atoms with E-state index in [1.807, 2.05) is 13.8 Å². The molecule has 0 saturated carbocycles. The number of amides is 1. The van der Waals surface area contributed by atoms with Crippen molar-refractivity contribution in [2.24, 2.45) is 5.10 Å². The number of hydrogen-bond acceptors (Lipinski definition) is 4. The summed E-state index contributed by atoms with van der Waals surface area (Å²) >= 11 is 0. The Hall–Kier alpha value is -1.73. The summed E-state index contributed by atoms with van der Waals surface area (Å²) in [6, 6.07) is 6.14. The molecule has 0 atom stereocenters. The highest BCUT2D eigenvalue weighted by molar-refractivity contribution is 7.89. The van der Waals surface area contributed by atoms with Crippen molar-refractivity contribution in [2.75, 3.05) is 13.1 Å². The molecule has 1 N–H and O–H groups in total. The van der Waals surface area contributed by atoms with Crippen molar-refractivity contribution in [3.05, 3.63) is 29.8 Å². The fourth-order valence-electron chi connectivity index (χ4n) is 2.68. The summed E-state index contributed by atoms with van der Waals surface area (Å²) in [7, 11) is -3.54. The largest absolute Gasteiger partial charge is 0.271 e. The first-order valence-corrected chi connectivity index (χ1v) is 9.83. The van der Waals surface area contributed by atoms with Crippen molar-refractivity contribution in [2.45, 2.75) is 50.8 Å². The lowest BCUT2D eigenvalue weighted by molar-refractivity contribution is 0.0954. The van der Waals surface area contributed by atoms with Gasteiger partial charge < -0.3 is 0 Å². The molecule has 6 nitrogen and oxygen atoms in total. The fourth-order valence-corrected chi connectivity index (χ4v) is 4.24. The number of hydrazone groups is 1. The second-order valence-electron chi connectivity index (χ2n) is 6.03. The maximum absolute atomic E-state index is 12.7. The summed E-state index contributed by atoms with van der Waals surface area (Å²) in [5.41, 5.74) is 3.61. The molecule has 7 heteroatoms. The van der Waals surface area contributed by atoms with Crippen molar-refractivity contribution in [3.63, 3.8) is 0 Å². The highest BCUT2D eigenvalue weighted by Crippen LogP contribution is 2.21. The van der Waals surface area contributed by atoms with Gasteiger partial charge in [-0.15, -0.1) is 0 Å². The van der Waals surface area contributed by atoms with Gasteiger partial charge in [0, 0.05) is 24.4 Å². The Balaban J connectivity index is 2.16. The smallest absolute Gasteiger partial charge is 0.267 e. The number of carbonyl (C=O) groups excluding carboxylic acids is 1. The van der Waals surface area contributed by atoms with Crippen LogP contribution in [-0.4, -0.2) is 37.4 Å². The molecule has 1 heterocycles. The molecule has 0 aliphatic carbocycles. The number of carbonyl (C=O) groups is 1. The zero-order chi connectivity index (χ0) is 17.6. The van der Waals surface area contributed by atoms with E-state index in [4.69, 9.17) is 0 Å². The van der Waals surface area contributed by atoms with Crippen LogP contribution in [0, 0.1) is 0 Å². The van der Waals surface area contributed by atoms with Gasteiger partial charge in [-0.25, -0.2) is 13.8 Å². The van der Waals surface area contributed by atoms with E-state index in [1.165, 1.54) is 16.4 Å². The summed E-state index contributed by atoms with van der Waals surface area (Å²) in [5, 5.41) is 4.03. The van der Waals surface area contributed by atoms with Crippen molar-refractivity contribution in [1.82, 2.24) is 9.73 Å². The Labute approximate surface area is 144 Å². The normalized spacial score (nSPS) is 16.8. The van der Waals surface area contributed by atoms with Gasteiger partial charge in [0.1, 0.15) is 0 Å². The quantitative estimate of drug-likeness (QED) is 0.632. The van der Waals surface area contributed by atoms with Crippen molar-refractivity contribution >= 4 is 21.6 Å². The minimum atomic E-state index is -3.54. The summed E-state index contributed by atoms with van der Waals surface area (Å²) in [5.74, 6) is -0.402. The first kappa shape index (κ1) is 18.6. The Morgan fingerprint density at radius 3 is 2.62 bits per heavy atom. The number of nitrogens with one attached hydrogen (secondary N) is 1. The molecule has 1 aromatic rings. The van der Waals surface area contributed by atoms with Crippen molar-refractivity contribution < 1.29 is 13.2 Å². The summed E-state index contributed by atoms with van der Waals surface area (Å²) in [4.78, 5) is 12.3. The Morgan fingerprint density at radius 1 is 1.25 bits per heavy atom. The molecule has 1 aliphatic heterocycles. The predicted molar refractivity (Wildman–Crippen MR) is 94.5 cm³/mol. The number of rotatable bonds is 6. The fraction of sp³-hybridized carbons (Fsp3) is 0.529. The Bertz CT molecular complexity index is 708. The molecule has 1 aliphatic rings. The second kappa shape index (κ2) is 8.39. The minimum absolute atomic E-state index is 0.159. The molecule has 0 radical (unpaired) electrons. The lowest BCUT2D eigenvalue weighted by Crippen LogP contribution is -2.35. The third-order valence-corrected chi connectivity index (χ3v) is 5.90. The number of piperidine rings is 1. The van der Waals surface area contributed by atoms with E-state index in [2.05, 4.69) is 10.5 Å². The van der Waals surface area contributed by atoms with Crippen molar-refractivity contribution in [3.8, 4) is 0 Å². The van der Waals surface area contributed by atoms with Gasteiger partial charge in [0.15, 0.2) is 0 Å². The third-order valence-electron chi connectivity index (χ3n) is 4.01. The zero-order valence-corrected chi connectivity index (χ0v) is 15.1. The van der Waals surface area contributed by atoms with Crippen LogP contribution in [0.5, 0.6) is 0 Å². The lowest BCUT2D eigenvalue weighted by Gasteiger charge is -2.25. The molecule has 0 bridgehead atoms. The van der Waals surface area contributed by atoms with Crippen LogP contribution in [0.15, 0.2) is 34.3 Å². The maximum Gasteiger partial charge on any atom is 0.271 e. The number of benzene rings is 1. The maximum atomic E-state index is 12.7. The van der Waals surface area contributed by atoms with Crippen LogP contribution >= 0.6 is 0 Å². The average molecular weight is 351 g/mol. The van der Waals surface area contributed by atoms with Crippen LogP contribution in [0.1, 0.15) is 56.3 Å². The van der Waals surface area contributed by atoms with Gasteiger partial charge in [0.25, 0.3) is 5.91 Å². The van der Waals surface area contributed by atoms with Gasteiger partial charge in [-0.05, 0) is 44.4 Å². The Morgan fingerprint density at radius 2 is 1.96 bits per heavy atom. The van der Waals surface area contributed by atoms with Gasteiger partial charge in [0.05, 0.1) is 4.90 Å². The van der Waals surface area contributed by atoms with Crippen LogP contribution in [-0.2, 0) is 10.0 Å². The van der Waals surface area contributed by atoms with E-state index in [-0.39, 0.29) is 4.90 Å². The van der Waals surface area contributed by atoms with Gasteiger partial charge >= 0.3 is 0 Å². The van der Waals surface area contributed by atoms with Crippen LogP contribution in [0.4, 0.5) is 0 Å². The van der Waals surface area contributed by atoms with E-state index in [1.54, 1.807) is 12.1 Å². The molecule has 24 heavy (non-hydrogen) atoms. The van der Waals surface area contributed by atoms with E-state index < -0.39 is 15.9 Å². The Kier molecular flexibility index (Phi) is 6.51. The SMILES string of the molecule is CCC/C(C)=N\NC(=O)c1cccc(S(=O)(=O)N2CCCCC2)c1. The molecular formula is C17H25N3O3S. The van der Waals surface area contributed by atoms with E-state index >= 15 is 0 Å². The van der Waals surface area contributed by atoms with Crippen LogP contribution in [0.3, 0.4) is 0 Å². The zero-order valence-electron chi connectivity index (χ0n) is 14.3.